The normalized spacial score (nSPS) is 10.0. The quantitative estimate of drug-likeness (QED) is 0.388. The molecule has 0 amide bonds. The molecule has 1 aromatic carbocycles. The summed E-state index contributed by atoms with van der Waals surface area (Å²) < 4.78 is 0. The van der Waals surface area contributed by atoms with Gasteiger partial charge in [-0.05, 0) is 25.5 Å². The summed E-state index contributed by atoms with van der Waals surface area (Å²) in [6.45, 7) is 3.42. The minimum Gasteiger partial charge on any atom is -0.397 e. The van der Waals surface area contributed by atoms with Crippen LogP contribution in [0, 0.1) is 24.0 Å². The summed E-state index contributed by atoms with van der Waals surface area (Å²) in [5, 5.41) is 10.6. The van der Waals surface area contributed by atoms with Gasteiger partial charge in [-0.2, -0.15) is 0 Å². The highest BCUT2D eigenvalue weighted by atomic mass is 16.6. The molecule has 0 radical (unpaired) electrons. The van der Waals surface area contributed by atoms with Crippen LogP contribution in [-0.4, -0.2) is 4.92 Å². The monoisotopic (exact) mass is 181 g/mol. The Morgan fingerprint density at radius 3 is 2.38 bits per heavy atom. The molecule has 0 heterocycles. The molecule has 70 valence electrons. The van der Waals surface area contributed by atoms with Crippen LogP contribution < -0.4 is 11.5 Å². The molecule has 5 nitrogen and oxygen atoms in total. The second kappa shape index (κ2) is 2.93. The van der Waals surface area contributed by atoms with Crippen molar-refractivity contribution in [2.75, 3.05) is 11.5 Å². The van der Waals surface area contributed by atoms with E-state index in [-0.39, 0.29) is 17.1 Å². The molecular formula is C8H11N3O2. The van der Waals surface area contributed by atoms with Gasteiger partial charge in [-0.25, -0.2) is 0 Å². The van der Waals surface area contributed by atoms with E-state index < -0.39 is 4.92 Å². The molecule has 0 saturated carbocycles. The summed E-state index contributed by atoms with van der Waals surface area (Å²) in [5.74, 6) is 0. The number of nitrogen functional groups attached to an aromatic ring is 2. The molecule has 0 spiro atoms. The van der Waals surface area contributed by atoms with Crippen molar-refractivity contribution < 1.29 is 4.92 Å². The van der Waals surface area contributed by atoms with Gasteiger partial charge < -0.3 is 11.5 Å². The van der Waals surface area contributed by atoms with Gasteiger partial charge in [0.15, 0.2) is 0 Å². The molecule has 0 atom stereocenters. The number of hydrogen-bond donors (Lipinski definition) is 2. The fraction of sp³-hybridized carbons (Fsp3) is 0.250. The third-order valence-electron chi connectivity index (χ3n) is 2.07. The number of aryl methyl sites for hydroxylation is 1. The Morgan fingerprint density at radius 1 is 1.38 bits per heavy atom. The van der Waals surface area contributed by atoms with Crippen LogP contribution in [-0.2, 0) is 0 Å². The first kappa shape index (κ1) is 9.31. The first-order valence-electron chi connectivity index (χ1n) is 3.74. The van der Waals surface area contributed by atoms with Gasteiger partial charge in [-0.15, -0.1) is 0 Å². The third kappa shape index (κ3) is 1.40. The lowest BCUT2D eigenvalue weighted by atomic mass is 10.1. The topological polar surface area (TPSA) is 95.2 Å². The highest BCUT2D eigenvalue weighted by molar-refractivity contribution is 5.77. The summed E-state index contributed by atoms with van der Waals surface area (Å²) in [7, 11) is 0. The Morgan fingerprint density at radius 2 is 1.92 bits per heavy atom. The highest BCUT2D eigenvalue weighted by Crippen LogP contribution is 2.32. The number of benzene rings is 1. The van der Waals surface area contributed by atoms with Gasteiger partial charge in [0.25, 0.3) is 5.69 Å². The Balaban J connectivity index is 3.56. The maximum absolute atomic E-state index is 10.6. The average molecular weight is 181 g/mol. The van der Waals surface area contributed by atoms with E-state index >= 15 is 0 Å². The minimum atomic E-state index is -0.506. The number of anilines is 2. The van der Waals surface area contributed by atoms with E-state index in [1.54, 1.807) is 19.9 Å². The molecule has 0 aliphatic rings. The molecule has 0 bridgehead atoms. The van der Waals surface area contributed by atoms with Gasteiger partial charge in [0.2, 0.25) is 0 Å². The maximum Gasteiger partial charge on any atom is 0.297 e. The van der Waals surface area contributed by atoms with E-state index in [2.05, 4.69) is 0 Å². The highest BCUT2D eigenvalue weighted by Gasteiger charge is 2.19. The Bertz CT molecular complexity index is 348. The van der Waals surface area contributed by atoms with Crippen molar-refractivity contribution in [2.24, 2.45) is 0 Å². The van der Waals surface area contributed by atoms with Crippen LogP contribution in [0.2, 0.25) is 0 Å². The van der Waals surface area contributed by atoms with E-state index in [4.69, 9.17) is 11.5 Å². The van der Waals surface area contributed by atoms with Crippen molar-refractivity contribution in [3.63, 3.8) is 0 Å². The summed E-state index contributed by atoms with van der Waals surface area (Å²) >= 11 is 0. The van der Waals surface area contributed by atoms with Gasteiger partial charge in [0.05, 0.1) is 10.6 Å². The first-order chi connectivity index (χ1) is 5.95. The lowest BCUT2D eigenvalue weighted by molar-refractivity contribution is -0.384. The van der Waals surface area contributed by atoms with Crippen molar-refractivity contribution in [1.82, 2.24) is 0 Å². The largest absolute Gasteiger partial charge is 0.397 e. The Labute approximate surface area is 75.5 Å². The van der Waals surface area contributed by atoms with E-state index in [0.717, 1.165) is 5.56 Å². The van der Waals surface area contributed by atoms with Crippen LogP contribution in [0.1, 0.15) is 11.1 Å². The number of nitro benzene ring substituents is 1. The Kier molecular flexibility index (Phi) is 2.10. The van der Waals surface area contributed by atoms with Gasteiger partial charge >= 0.3 is 0 Å². The number of nitro groups is 1. The first-order valence-corrected chi connectivity index (χ1v) is 3.74. The zero-order chi connectivity index (χ0) is 10.2. The zero-order valence-corrected chi connectivity index (χ0v) is 7.50. The molecule has 5 heteroatoms. The fourth-order valence-corrected chi connectivity index (χ4v) is 1.18. The number of nitrogens with two attached hydrogens (primary N) is 2. The molecular weight excluding hydrogens is 170 g/mol. The predicted octanol–water partition coefficient (Wildman–Crippen LogP) is 1.38. The maximum atomic E-state index is 10.6. The second-order valence-corrected chi connectivity index (χ2v) is 2.93. The van der Waals surface area contributed by atoms with Crippen molar-refractivity contribution in [3.05, 3.63) is 27.3 Å². The van der Waals surface area contributed by atoms with Gasteiger partial charge in [-0.1, -0.05) is 0 Å². The molecule has 0 unspecified atom stereocenters. The molecule has 0 aliphatic carbocycles. The van der Waals surface area contributed by atoms with Gasteiger partial charge in [0, 0.05) is 5.56 Å². The van der Waals surface area contributed by atoms with E-state index in [1.165, 1.54) is 0 Å². The van der Waals surface area contributed by atoms with Crippen LogP contribution in [0.25, 0.3) is 0 Å². The lowest BCUT2D eigenvalue weighted by Crippen LogP contribution is -2.03. The van der Waals surface area contributed by atoms with Crippen LogP contribution in [0.3, 0.4) is 0 Å². The summed E-state index contributed by atoms with van der Waals surface area (Å²) in [5.41, 5.74) is 12.6. The zero-order valence-electron chi connectivity index (χ0n) is 7.50. The molecule has 1 rings (SSSR count). The molecule has 1 aromatic rings. The molecule has 0 aliphatic heterocycles. The van der Waals surface area contributed by atoms with Crippen LogP contribution in [0.15, 0.2) is 6.07 Å². The Hall–Kier alpha value is -1.78. The fourth-order valence-electron chi connectivity index (χ4n) is 1.18. The van der Waals surface area contributed by atoms with Crippen LogP contribution in [0.4, 0.5) is 17.1 Å². The standard InChI is InChI=1S/C8H11N3O2/c1-4-3-6(9)7(10)8(5(4)2)11(12)13/h3H,9-10H2,1-2H3. The molecule has 0 aromatic heterocycles. The van der Waals surface area contributed by atoms with Crippen molar-refractivity contribution in [3.8, 4) is 0 Å². The number of rotatable bonds is 1. The number of nitrogens with zero attached hydrogens (tertiary/aromatic N) is 1. The van der Waals surface area contributed by atoms with Crippen molar-refractivity contribution >= 4 is 17.1 Å². The second-order valence-electron chi connectivity index (χ2n) is 2.93. The molecule has 0 fully saturated rings. The number of hydrogen-bond acceptors (Lipinski definition) is 4. The third-order valence-corrected chi connectivity index (χ3v) is 2.07. The summed E-state index contributed by atoms with van der Waals surface area (Å²) in [4.78, 5) is 10.1. The summed E-state index contributed by atoms with van der Waals surface area (Å²) in [6, 6.07) is 1.64. The van der Waals surface area contributed by atoms with E-state index in [9.17, 15) is 10.1 Å². The molecule has 0 saturated heterocycles. The van der Waals surface area contributed by atoms with E-state index in [0.29, 0.717) is 5.56 Å². The van der Waals surface area contributed by atoms with Crippen molar-refractivity contribution in [1.29, 1.82) is 0 Å². The van der Waals surface area contributed by atoms with Crippen LogP contribution in [0.5, 0.6) is 0 Å². The minimum absolute atomic E-state index is 0.0492. The average Bonchev–Trinajstić information content (AvgIpc) is 2.01. The predicted molar refractivity (Wildman–Crippen MR) is 51.4 cm³/mol. The molecule has 13 heavy (non-hydrogen) atoms. The molecule has 4 N–H and O–H groups in total. The SMILES string of the molecule is Cc1cc(N)c(N)c([N+](=O)[O-])c1C. The lowest BCUT2D eigenvalue weighted by Gasteiger charge is -2.06. The smallest absolute Gasteiger partial charge is 0.297 e. The summed E-state index contributed by atoms with van der Waals surface area (Å²) in [6.07, 6.45) is 0. The van der Waals surface area contributed by atoms with Crippen LogP contribution >= 0.6 is 0 Å². The van der Waals surface area contributed by atoms with Gasteiger partial charge in [0.1, 0.15) is 5.69 Å². The van der Waals surface area contributed by atoms with E-state index in [1.807, 2.05) is 0 Å². The van der Waals surface area contributed by atoms with Crippen molar-refractivity contribution in [2.45, 2.75) is 13.8 Å². The van der Waals surface area contributed by atoms with Gasteiger partial charge in [-0.3, -0.25) is 10.1 Å².